The molecule has 0 saturated carbocycles. The Hall–Kier alpha value is -1.28. The van der Waals surface area contributed by atoms with Crippen molar-refractivity contribution in [1.29, 1.82) is 0 Å². The SMILES string of the molecule is CO[C]1C=Cc2ccccc2N1. The van der Waals surface area contributed by atoms with Gasteiger partial charge in [-0.3, -0.25) is 0 Å². The van der Waals surface area contributed by atoms with Gasteiger partial charge in [-0.15, -0.1) is 0 Å². The lowest BCUT2D eigenvalue weighted by molar-refractivity contribution is 0.246. The molecular weight excluding hydrogens is 150 g/mol. The van der Waals surface area contributed by atoms with Gasteiger partial charge in [0.25, 0.3) is 0 Å². The van der Waals surface area contributed by atoms with E-state index in [4.69, 9.17) is 4.74 Å². The van der Waals surface area contributed by atoms with Gasteiger partial charge in [0.1, 0.15) is 0 Å². The van der Waals surface area contributed by atoms with Gasteiger partial charge in [0.15, 0.2) is 0 Å². The van der Waals surface area contributed by atoms with Crippen molar-refractivity contribution < 1.29 is 4.74 Å². The molecule has 0 amide bonds. The van der Waals surface area contributed by atoms with E-state index in [1.54, 1.807) is 7.11 Å². The first-order valence-electron chi connectivity index (χ1n) is 3.85. The molecule has 0 unspecified atom stereocenters. The van der Waals surface area contributed by atoms with Gasteiger partial charge in [0.2, 0.25) is 6.23 Å². The third-order valence-corrected chi connectivity index (χ3v) is 1.85. The molecule has 0 aromatic heterocycles. The van der Waals surface area contributed by atoms with E-state index in [2.05, 4.69) is 11.4 Å². The Morgan fingerprint density at radius 2 is 2.00 bits per heavy atom. The Morgan fingerprint density at radius 3 is 2.83 bits per heavy atom. The highest BCUT2D eigenvalue weighted by Gasteiger charge is 2.11. The second kappa shape index (κ2) is 2.99. The predicted octanol–water partition coefficient (Wildman–Crippen LogP) is 2.26. The summed E-state index contributed by atoms with van der Waals surface area (Å²) >= 11 is 0. The van der Waals surface area contributed by atoms with Crippen LogP contribution in [0.25, 0.3) is 6.08 Å². The largest absolute Gasteiger partial charge is 0.351 e. The monoisotopic (exact) mass is 160 g/mol. The third-order valence-electron chi connectivity index (χ3n) is 1.85. The molecular formula is C10H10NO. The molecule has 0 fully saturated rings. The number of para-hydroxylation sites is 1. The fourth-order valence-electron chi connectivity index (χ4n) is 1.22. The molecule has 1 aliphatic rings. The molecule has 1 radical (unpaired) electrons. The highest BCUT2D eigenvalue weighted by atomic mass is 16.5. The smallest absolute Gasteiger partial charge is 0.210 e. The first-order valence-corrected chi connectivity index (χ1v) is 3.85. The minimum atomic E-state index is 0.786. The molecule has 0 aliphatic carbocycles. The van der Waals surface area contributed by atoms with Crippen LogP contribution in [0.15, 0.2) is 30.3 Å². The molecule has 1 aromatic rings. The Morgan fingerprint density at radius 1 is 1.17 bits per heavy atom. The molecule has 1 aliphatic heterocycles. The molecule has 0 bridgehead atoms. The summed E-state index contributed by atoms with van der Waals surface area (Å²) in [6.07, 6.45) is 4.74. The molecule has 0 atom stereocenters. The van der Waals surface area contributed by atoms with Crippen molar-refractivity contribution in [2.45, 2.75) is 0 Å². The zero-order chi connectivity index (χ0) is 8.39. The van der Waals surface area contributed by atoms with Gasteiger partial charge in [-0.1, -0.05) is 24.3 Å². The van der Waals surface area contributed by atoms with E-state index in [-0.39, 0.29) is 0 Å². The number of nitrogens with one attached hydrogen (secondary N) is 1. The lowest BCUT2D eigenvalue weighted by atomic mass is 10.1. The molecule has 1 aromatic carbocycles. The van der Waals surface area contributed by atoms with E-state index in [1.807, 2.05) is 30.4 Å². The Kier molecular flexibility index (Phi) is 1.84. The maximum atomic E-state index is 5.07. The molecule has 2 nitrogen and oxygen atoms in total. The van der Waals surface area contributed by atoms with Crippen molar-refractivity contribution >= 4 is 11.8 Å². The van der Waals surface area contributed by atoms with E-state index < -0.39 is 0 Å². The molecule has 2 rings (SSSR count). The molecule has 1 N–H and O–H groups in total. The van der Waals surface area contributed by atoms with Crippen LogP contribution in [0.2, 0.25) is 0 Å². The Labute approximate surface area is 71.9 Å². The summed E-state index contributed by atoms with van der Waals surface area (Å²) in [7, 11) is 1.65. The van der Waals surface area contributed by atoms with Gasteiger partial charge in [0.05, 0.1) is 0 Å². The van der Waals surface area contributed by atoms with E-state index in [9.17, 15) is 0 Å². The van der Waals surface area contributed by atoms with Crippen LogP contribution < -0.4 is 5.32 Å². The maximum absolute atomic E-state index is 5.07. The summed E-state index contributed by atoms with van der Waals surface area (Å²) in [5, 5.41) is 3.15. The van der Waals surface area contributed by atoms with Crippen LogP contribution in [0.4, 0.5) is 5.69 Å². The summed E-state index contributed by atoms with van der Waals surface area (Å²) in [6.45, 7) is 0. The van der Waals surface area contributed by atoms with Crippen LogP contribution in [0.5, 0.6) is 0 Å². The quantitative estimate of drug-likeness (QED) is 0.680. The minimum Gasteiger partial charge on any atom is -0.351 e. The van der Waals surface area contributed by atoms with Gasteiger partial charge >= 0.3 is 0 Å². The molecule has 61 valence electrons. The van der Waals surface area contributed by atoms with E-state index in [1.165, 1.54) is 5.56 Å². The minimum absolute atomic E-state index is 0.786. The number of methoxy groups -OCH3 is 1. The van der Waals surface area contributed by atoms with Crippen molar-refractivity contribution in [3.05, 3.63) is 42.1 Å². The number of fused-ring (bicyclic) bond motifs is 1. The normalized spacial score (nSPS) is 15.4. The number of ether oxygens (including phenoxy) is 1. The second-order valence-corrected chi connectivity index (χ2v) is 2.61. The fraction of sp³-hybridized carbons (Fsp3) is 0.100. The van der Waals surface area contributed by atoms with Crippen LogP contribution in [-0.4, -0.2) is 7.11 Å². The van der Waals surface area contributed by atoms with Gasteiger partial charge in [-0.05, 0) is 17.7 Å². The summed E-state index contributed by atoms with van der Waals surface area (Å²) in [5.41, 5.74) is 2.29. The number of anilines is 1. The summed E-state index contributed by atoms with van der Waals surface area (Å²) in [6, 6.07) is 8.10. The van der Waals surface area contributed by atoms with Gasteiger partial charge in [0, 0.05) is 12.8 Å². The molecule has 0 spiro atoms. The van der Waals surface area contributed by atoms with Crippen LogP contribution in [0.3, 0.4) is 0 Å². The highest BCUT2D eigenvalue weighted by Crippen LogP contribution is 2.25. The zero-order valence-corrected chi connectivity index (χ0v) is 6.87. The maximum Gasteiger partial charge on any atom is 0.210 e. The van der Waals surface area contributed by atoms with E-state index in [0.717, 1.165) is 11.9 Å². The number of hydrogen-bond acceptors (Lipinski definition) is 2. The lowest BCUT2D eigenvalue weighted by Crippen LogP contribution is -2.12. The van der Waals surface area contributed by atoms with Gasteiger partial charge in [-0.25, -0.2) is 0 Å². The molecule has 0 saturated heterocycles. The summed E-state index contributed by atoms with van der Waals surface area (Å²) < 4.78 is 5.07. The summed E-state index contributed by atoms with van der Waals surface area (Å²) in [4.78, 5) is 0. The van der Waals surface area contributed by atoms with Crippen molar-refractivity contribution in [1.82, 2.24) is 0 Å². The average Bonchev–Trinajstić information content (AvgIpc) is 2.17. The summed E-state index contributed by atoms with van der Waals surface area (Å²) in [5.74, 6) is 0. The first-order chi connectivity index (χ1) is 5.90. The average molecular weight is 160 g/mol. The second-order valence-electron chi connectivity index (χ2n) is 2.61. The van der Waals surface area contributed by atoms with Gasteiger partial charge in [-0.2, -0.15) is 0 Å². The van der Waals surface area contributed by atoms with Crippen LogP contribution in [-0.2, 0) is 4.74 Å². The zero-order valence-electron chi connectivity index (χ0n) is 6.87. The standard InChI is InChI=1S/C10H10NO/c1-12-10-7-6-8-4-2-3-5-9(8)11-10/h2-7,11H,1H3. The Bertz CT molecular complexity index is 306. The third kappa shape index (κ3) is 1.21. The Balaban J connectivity index is 2.33. The van der Waals surface area contributed by atoms with Crippen molar-refractivity contribution in [2.75, 3.05) is 12.4 Å². The number of rotatable bonds is 1. The van der Waals surface area contributed by atoms with Crippen molar-refractivity contribution in [2.24, 2.45) is 0 Å². The highest BCUT2D eigenvalue weighted by molar-refractivity contribution is 5.72. The van der Waals surface area contributed by atoms with Crippen molar-refractivity contribution in [3.63, 3.8) is 0 Å². The molecule has 1 heterocycles. The van der Waals surface area contributed by atoms with Crippen LogP contribution in [0, 0.1) is 6.23 Å². The van der Waals surface area contributed by atoms with Crippen LogP contribution >= 0.6 is 0 Å². The topological polar surface area (TPSA) is 21.3 Å². The van der Waals surface area contributed by atoms with Crippen LogP contribution in [0.1, 0.15) is 5.56 Å². The first kappa shape index (κ1) is 7.37. The number of benzene rings is 1. The molecule has 2 heteroatoms. The molecule has 12 heavy (non-hydrogen) atoms. The van der Waals surface area contributed by atoms with Gasteiger partial charge < -0.3 is 10.1 Å². The number of hydrogen-bond donors (Lipinski definition) is 1. The van der Waals surface area contributed by atoms with E-state index >= 15 is 0 Å². The van der Waals surface area contributed by atoms with Crippen molar-refractivity contribution in [3.8, 4) is 0 Å². The predicted molar refractivity (Wildman–Crippen MR) is 49.4 cm³/mol. The fourth-order valence-corrected chi connectivity index (χ4v) is 1.22. The lowest BCUT2D eigenvalue weighted by Gasteiger charge is -2.18. The van der Waals surface area contributed by atoms with E-state index in [0.29, 0.717) is 0 Å².